The molecule has 136 valence electrons. The summed E-state index contributed by atoms with van der Waals surface area (Å²) < 4.78 is 0. The lowest BCUT2D eigenvalue weighted by atomic mass is 9.97. The zero-order valence-corrected chi connectivity index (χ0v) is 16.1. The van der Waals surface area contributed by atoms with E-state index in [1.807, 2.05) is 12.1 Å². The van der Waals surface area contributed by atoms with Crippen LogP contribution in [0.5, 0.6) is 0 Å². The Morgan fingerprint density at radius 1 is 1.32 bits per heavy atom. The van der Waals surface area contributed by atoms with Gasteiger partial charge in [0.05, 0.1) is 5.69 Å². The smallest absolute Gasteiger partial charge is 0.0764 e. The molecule has 1 atom stereocenters. The number of likely N-dealkylation sites (tertiary alicyclic amines) is 1. The van der Waals surface area contributed by atoms with Gasteiger partial charge in [0.2, 0.25) is 0 Å². The van der Waals surface area contributed by atoms with Gasteiger partial charge < -0.3 is 9.80 Å². The van der Waals surface area contributed by atoms with Gasteiger partial charge >= 0.3 is 0 Å². The number of piperidine rings is 1. The summed E-state index contributed by atoms with van der Waals surface area (Å²) in [6.45, 7) is 7.69. The highest BCUT2D eigenvalue weighted by Crippen LogP contribution is 2.19. The predicted octanol–water partition coefficient (Wildman–Crippen LogP) is 3.76. The number of aromatic nitrogens is 2. The largest absolute Gasteiger partial charge is 0.303 e. The van der Waals surface area contributed by atoms with Gasteiger partial charge in [0.15, 0.2) is 0 Å². The SMILES string of the molecule is Cc1cc(CN(C)C[C@H]2CCCN(CCc3ccc(Cl)cc3)C2)n[nH]1. The van der Waals surface area contributed by atoms with Crippen LogP contribution in [0.3, 0.4) is 0 Å². The van der Waals surface area contributed by atoms with Crippen LogP contribution in [0.2, 0.25) is 5.02 Å². The molecule has 2 heterocycles. The van der Waals surface area contributed by atoms with Crippen molar-refractivity contribution >= 4 is 11.6 Å². The van der Waals surface area contributed by atoms with E-state index >= 15 is 0 Å². The molecule has 4 nitrogen and oxygen atoms in total. The minimum Gasteiger partial charge on any atom is -0.303 e. The van der Waals surface area contributed by atoms with E-state index < -0.39 is 0 Å². The highest BCUT2D eigenvalue weighted by atomic mass is 35.5. The highest BCUT2D eigenvalue weighted by molar-refractivity contribution is 6.30. The fourth-order valence-corrected chi connectivity index (χ4v) is 3.90. The summed E-state index contributed by atoms with van der Waals surface area (Å²) in [4.78, 5) is 5.03. The van der Waals surface area contributed by atoms with Crippen LogP contribution in [0, 0.1) is 12.8 Å². The third-order valence-corrected chi connectivity index (χ3v) is 5.25. The number of hydrogen-bond acceptors (Lipinski definition) is 3. The first-order valence-electron chi connectivity index (χ1n) is 9.25. The van der Waals surface area contributed by atoms with E-state index in [2.05, 4.69) is 52.2 Å². The fraction of sp³-hybridized carbons (Fsp3) is 0.550. The second kappa shape index (κ2) is 8.84. The first kappa shape index (κ1) is 18.4. The molecule has 0 radical (unpaired) electrons. The van der Waals surface area contributed by atoms with Crippen molar-refractivity contribution in [1.82, 2.24) is 20.0 Å². The van der Waals surface area contributed by atoms with Gasteiger partial charge in [-0.2, -0.15) is 5.10 Å². The number of halogens is 1. The van der Waals surface area contributed by atoms with Crippen LogP contribution in [0.4, 0.5) is 0 Å². The molecule has 25 heavy (non-hydrogen) atoms. The first-order chi connectivity index (χ1) is 12.1. The number of nitrogens with one attached hydrogen (secondary N) is 1. The van der Waals surface area contributed by atoms with Crippen LogP contribution in [-0.4, -0.2) is 53.2 Å². The fourth-order valence-electron chi connectivity index (χ4n) is 3.78. The number of hydrogen-bond donors (Lipinski definition) is 1. The van der Waals surface area contributed by atoms with Crippen molar-refractivity contribution in [2.24, 2.45) is 5.92 Å². The lowest BCUT2D eigenvalue weighted by molar-refractivity contribution is 0.142. The Morgan fingerprint density at radius 3 is 2.84 bits per heavy atom. The van der Waals surface area contributed by atoms with Crippen LogP contribution < -0.4 is 0 Å². The number of H-pyrrole nitrogens is 1. The third kappa shape index (κ3) is 5.84. The lowest BCUT2D eigenvalue weighted by Gasteiger charge is -2.34. The van der Waals surface area contributed by atoms with Crippen molar-refractivity contribution < 1.29 is 0 Å². The molecule has 1 aromatic heterocycles. The van der Waals surface area contributed by atoms with Crippen molar-refractivity contribution in [3.8, 4) is 0 Å². The van der Waals surface area contributed by atoms with Gasteiger partial charge in [-0.15, -0.1) is 0 Å². The molecular formula is C20H29ClN4. The Bertz CT molecular complexity index is 652. The summed E-state index contributed by atoms with van der Waals surface area (Å²) in [5.74, 6) is 0.754. The van der Waals surface area contributed by atoms with Gasteiger partial charge in [-0.05, 0) is 69.5 Å². The van der Waals surface area contributed by atoms with Gasteiger partial charge in [-0.1, -0.05) is 23.7 Å². The normalized spacial score (nSPS) is 18.8. The molecule has 1 aromatic carbocycles. The van der Waals surface area contributed by atoms with Crippen LogP contribution in [0.15, 0.2) is 30.3 Å². The number of benzene rings is 1. The molecule has 1 fully saturated rings. The standard InChI is InChI=1S/C20H29ClN4/c1-16-12-20(23-22-16)15-24(2)13-18-4-3-10-25(14-18)11-9-17-5-7-19(21)8-6-17/h5-8,12,18H,3-4,9-11,13-15H2,1-2H3,(H,22,23)/t18-/m1/s1. The van der Waals surface area contributed by atoms with Gasteiger partial charge in [0.1, 0.15) is 0 Å². The van der Waals surface area contributed by atoms with E-state index in [1.165, 1.54) is 31.5 Å². The molecule has 2 aromatic rings. The Balaban J connectivity index is 1.43. The van der Waals surface area contributed by atoms with Gasteiger partial charge in [0, 0.05) is 36.9 Å². The van der Waals surface area contributed by atoms with E-state index in [0.29, 0.717) is 0 Å². The molecule has 0 spiro atoms. The average molecular weight is 361 g/mol. The maximum absolute atomic E-state index is 5.97. The van der Waals surface area contributed by atoms with Gasteiger partial charge in [0.25, 0.3) is 0 Å². The molecule has 0 bridgehead atoms. The summed E-state index contributed by atoms with van der Waals surface area (Å²) in [6, 6.07) is 10.4. The van der Waals surface area contributed by atoms with E-state index in [-0.39, 0.29) is 0 Å². The third-order valence-electron chi connectivity index (χ3n) is 4.99. The summed E-state index contributed by atoms with van der Waals surface area (Å²) >= 11 is 5.97. The molecule has 5 heteroatoms. The van der Waals surface area contributed by atoms with Crippen molar-refractivity contribution in [2.45, 2.75) is 32.7 Å². The number of nitrogens with zero attached hydrogens (tertiary/aromatic N) is 3. The van der Waals surface area contributed by atoms with E-state index in [0.717, 1.165) is 48.4 Å². The molecule has 1 N–H and O–H groups in total. The summed E-state index contributed by atoms with van der Waals surface area (Å²) in [5, 5.41) is 8.19. The second-order valence-corrected chi connectivity index (χ2v) is 7.86. The van der Waals surface area contributed by atoms with E-state index in [1.54, 1.807) is 0 Å². The van der Waals surface area contributed by atoms with Gasteiger partial charge in [-0.3, -0.25) is 5.10 Å². The van der Waals surface area contributed by atoms with E-state index in [4.69, 9.17) is 11.6 Å². The van der Waals surface area contributed by atoms with Crippen LogP contribution >= 0.6 is 11.6 Å². The molecule has 0 amide bonds. The molecule has 1 saturated heterocycles. The van der Waals surface area contributed by atoms with Gasteiger partial charge in [-0.25, -0.2) is 0 Å². The van der Waals surface area contributed by atoms with Crippen LogP contribution in [0.1, 0.15) is 29.8 Å². The number of aryl methyl sites for hydroxylation is 1. The average Bonchev–Trinajstić information content (AvgIpc) is 2.99. The number of aromatic amines is 1. The minimum absolute atomic E-state index is 0.754. The molecule has 1 aliphatic heterocycles. The van der Waals surface area contributed by atoms with Crippen molar-refractivity contribution in [2.75, 3.05) is 33.2 Å². The summed E-state index contributed by atoms with van der Waals surface area (Å²) in [7, 11) is 2.21. The second-order valence-electron chi connectivity index (χ2n) is 7.42. The maximum atomic E-state index is 5.97. The zero-order valence-electron chi connectivity index (χ0n) is 15.3. The topological polar surface area (TPSA) is 35.2 Å². The quantitative estimate of drug-likeness (QED) is 0.816. The summed E-state index contributed by atoms with van der Waals surface area (Å²) in [5.41, 5.74) is 3.64. The summed E-state index contributed by atoms with van der Waals surface area (Å²) in [6.07, 6.45) is 3.74. The van der Waals surface area contributed by atoms with Crippen molar-refractivity contribution in [3.63, 3.8) is 0 Å². The Hall–Kier alpha value is -1.36. The zero-order chi connectivity index (χ0) is 17.6. The molecule has 3 rings (SSSR count). The van der Waals surface area contributed by atoms with Crippen LogP contribution in [-0.2, 0) is 13.0 Å². The maximum Gasteiger partial charge on any atom is 0.0764 e. The minimum atomic E-state index is 0.754. The van der Waals surface area contributed by atoms with Crippen molar-refractivity contribution in [3.05, 3.63) is 52.3 Å². The Morgan fingerprint density at radius 2 is 2.12 bits per heavy atom. The molecule has 0 unspecified atom stereocenters. The first-order valence-corrected chi connectivity index (χ1v) is 9.62. The molecular weight excluding hydrogens is 332 g/mol. The predicted molar refractivity (Wildman–Crippen MR) is 104 cm³/mol. The van der Waals surface area contributed by atoms with E-state index in [9.17, 15) is 0 Å². The Kier molecular flexibility index (Phi) is 6.51. The number of rotatable bonds is 7. The highest BCUT2D eigenvalue weighted by Gasteiger charge is 2.21. The molecule has 1 aliphatic rings. The lowest BCUT2D eigenvalue weighted by Crippen LogP contribution is -2.40. The van der Waals surface area contributed by atoms with Crippen LogP contribution in [0.25, 0.3) is 0 Å². The van der Waals surface area contributed by atoms with Crippen molar-refractivity contribution in [1.29, 1.82) is 0 Å². The monoisotopic (exact) mass is 360 g/mol. The molecule has 0 aliphatic carbocycles. The molecule has 0 saturated carbocycles. The Labute approximate surface area is 156 Å².